The smallest absolute Gasteiger partial charge is 0.409 e. The van der Waals surface area contributed by atoms with E-state index in [4.69, 9.17) is 9.47 Å². The summed E-state index contributed by atoms with van der Waals surface area (Å²) in [6, 6.07) is 12.8. The van der Waals surface area contributed by atoms with Gasteiger partial charge in [0.1, 0.15) is 6.61 Å². The van der Waals surface area contributed by atoms with Crippen molar-refractivity contribution in [3.8, 4) is 17.1 Å². The van der Waals surface area contributed by atoms with Gasteiger partial charge in [-0.25, -0.2) is 22.9 Å². The highest BCUT2D eigenvalue weighted by Gasteiger charge is 2.42. The number of anilines is 1. The van der Waals surface area contributed by atoms with Crippen molar-refractivity contribution in [1.82, 2.24) is 19.8 Å². The maximum atomic E-state index is 14.1. The first kappa shape index (κ1) is 29.3. The molecule has 0 aliphatic carbocycles. The highest BCUT2D eigenvalue weighted by atomic mass is 32.2. The van der Waals surface area contributed by atoms with Crippen LogP contribution in [0.25, 0.3) is 11.3 Å². The zero-order valence-corrected chi connectivity index (χ0v) is 25.1. The summed E-state index contributed by atoms with van der Waals surface area (Å²) >= 11 is 0. The highest BCUT2D eigenvalue weighted by Crippen LogP contribution is 2.31. The number of amides is 2. The largest absolute Gasteiger partial charge is 0.475 e. The summed E-state index contributed by atoms with van der Waals surface area (Å²) in [4.78, 5) is 38.3. The fourth-order valence-corrected chi connectivity index (χ4v) is 6.53. The van der Waals surface area contributed by atoms with Gasteiger partial charge in [-0.2, -0.15) is 4.98 Å². The van der Waals surface area contributed by atoms with Gasteiger partial charge >= 0.3 is 6.09 Å². The minimum atomic E-state index is -4.16. The van der Waals surface area contributed by atoms with Gasteiger partial charge in [-0.05, 0) is 55.5 Å². The van der Waals surface area contributed by atoms with Crippen molar-refractivity contribution < 1.29 is 27.5 Å². The molecule has 2 aliphatic heterocycles. The van der Waals surface area contributed by atoms with E-state index in [-0.39, 0.29) is 46.8 Å². The maximum absolute atomic E-state index is 14.1. The minimum Gasteiger partial charge on any atom is -0.475 e. The van der Waals surface area contributed by atoms with Crippen molar-refractivity contribution >= 4 is 28.0 Å². The molecular weight excluding hydrogens is 558 g/mol. The topological polar surface area (TPSA) is 131 Å². The summed E-state index contributed by atoms with van der Waals surface area (Å²) in [7, 11) is -2.84. The molecule has 3 heterocycles. The van der Waals surface area contributed by atoms with Gasteiger partial charge in [-0.3, -0.25) is 4.79 Å². The van der Waals surface area contributed by atoms with E-state index in [0.29, 0.717) is 25.2 Å². The van der Waals surface area contributed by atoms with E-state index in [1.165, 1.54) is 30.2 Å². The number of carbonyl (C=O) groups excluding carboxylic acids is 2. The Morgan fingerprint density at radius 3 is 2.45 bits per heavy atom. The van der Waals surface area contributed by atoms with Crippen LogP contribution >= 0.6 is 0 Å². The number of carbonyl (C=O) groups is 2. The number of likely N-dealkylation sites (tertiary alicyclic amines) is 1. The molecule has 1 saturated heterocycles. The lowest BCUT2D eigenvalue weighted by Crippen LogP contribution is -2.65. The normalized spacial score (nSPS) is 18.6. The molecule has 42 heavy (non-hydrogen) atoms. The number of fused-ring (bicyclic) bond motifs is 4. The number of nitrogens with zero attached hydrogens (tertiary/aromatic N) is 4. The summed E-state index contributed by atoms with van der Waals surface area (Å²) in [6.07, 6.45) is 0.145. The van der Waals surface area contributed by atoms with Gasteiger partial charge in [0.2, 0.25) is 11.8 Å². The maximum Gasteiger partial charge on any atom is 0.409 e. The second-order valence-electron chi connectivity index (χ2n) is 11.2. The van der Waals surface area contributed by atoms with E-state index in [2.05, 4.69) is 28.5 Å². The van der Waals surface area contributed by atoms with Crippen LogP contribution in [0.5, 0.6) is 5.88 Å². The van der Waals surface area contributed by atoms with Crippen LogP contribution in [0, 0.1) is 19.8 Å². The third kappa shape index (κ3) is 5.89. The van der Waals surface area contributed by atoms with Gasteiger partial charge in [0.15, 0.2) is 0 Å². The third-order valence-electron chi connectivity index (χ3n) is 7.54. The van der Waals surface area contributed by atoms with Crippen LogP contribution in [0.1, 0.15) is 41.8 Å². The molecule has 1 N–H and O–H groups in total. The van der Waals surface area contributed by atoms with Gasteiger partial charge in [0, 0.05) is 30.3 Å². The SMILES string of the molecule is COC(=O)N1CC(N2C(=O)c3cccc(c3)S(=O)(=O)Nc3nc(cc(-c4c(C)cccc4C)n3)OC[C@H]2CC(C)C)C1. The quantitative estimate of drug-likeness (QED) is 0.475. The third-order valence-corrected chi connectivity index (χ3v) is 8.87. The van der Waals surface area contributed by atoms with Crippen molar-refractivity contribution in [2.75, 3.05) is 31.5 Å². The second kappa shape index (κ2) is 11.6. The molecule has 1 fully saturated rings. The van der Waals surface area contributed by atoms with Gasteiger partial charge in [0.05, 0.1) is 29.8 Å². The number of hydrogen-bond acceptors (Lipinski definition) is 8. The number of aromatic nitrogens is 2. The summed E-state index contributed by atoms with van der Waals surface area (Å²) < 4.78 is 40.6. The Bertz CT molecular complexity index is 1600. The Morgan fingerprint density at radius 2 is 1.79 bits per heavy atom. The molecule has 2 aliphatic rings. The molecular formula is C30H35N5O6S. The number of aryl methyl sites for hydroxylation is 2. The molecule has 1 aromatic heterocycles. The van der Waals surface area contributed by atoms with Crippen molar-refractivity contribution in [3.05, 3.63) is 65.2 Å². The molecule has 4 bridgehead atoms. The predicted molar refractivity (Wildman–Crippen MR) is 157 cm³/mol. The highest BCUT2D eigenvalue weighted by molar-refractivity contribution is 7.92. The number of nitrogens with one attached hydrogen (secondary N) is 1. The first-order chi connectivity index (χ1) is 20.0. The first-order valence-corrected chi connectivity index (χ1v) is 15.3. The van der Waals surface area contributed by atoms with E-state index in [1.807, 2.05) is 32.0 Å². The van der Waals surface area contributed by atoms with Crippen molar-refractivity contribution in [1.29, 1.82) is 0 Å². The zero-order chi connectivity index (χ0) is 30.2. The van der Waals surface area contributed by atoms with Crippen LogP contribution in [-0.2, 0) is 14.8 Å². The average molecular weight is 594 g/mol. The molecule has 5 rings (SSSR count). The van der Waals surface area contributed by atoms with Crippen LogP contribution in [0.4, 0.5) is 10.7 Å². The zero-order valence-electron chi connectivity index (χ0n) is 24.3. The molecule has 0 radical (unpaired) electrons. The molecule has 2 aromatic carbocycles. The average Bonchev–Trinajstić information content (AvgIpc) is 2.91. The molecule has 12 heteroatoms. The van der Waals surface area contributed by atoms with Gasteiger partial charge < -0.3 is 19.3 Å². The van der Waals surface area contributed by atoms with Crippen molar-refractivity contribution in [3.63, 3.8) is 0 Å². The molecule has 2 amide bonds. The van der Waals surface area contributed by atoms with Crippen LogP contribution in [0.15, 0.2) is 53.4 Å². The summed E-state index contributed by atoms with van der Waals surface area (Å²) in [5.41, 5.74) is 3.51. The lowest BCUT2D eigenvalue weighted by molar-refractivity contribution is -0.00148. The number of benzene rings is 2. The van der Waals surface area contributed by atoms with E-state index in [1.54, 1.807) is 17.0 Å². The Kier molecular flexibility index (Phi) is 8.09. The Morgan fingerprint density at radius 1 is 1.10 bits per heavy atom. The van der Waals surface area contributed by atoms with Crippen LogP contribution < -0.4 is 9.46 Å². The molecule has 0 unspecified atom stereocenters. The summed E-state index contributed by atoms with van der Waals surface area (Å²) in [5.74, 6) is -0.0895. The van der Waals surface area contributed by atoms with E-state index >= 15 is 0 Å². The number of hydrogen-bond donors (Lipinski definition) is 1. The Balaban J connectivity index is 1.63. The minimum absolute atomic E-state index is 0.0960. The molecule has 0 spiro atoms. The van der Waals surface area contributed by atoms with Crippen LogP contribution in [-0.4, -0.2) is 79.1 Å². The van der Waals surface area contributed by atoms with Gasteiger partial charge in [-0.15, -0.1) is 0 Å². The van der Waals surface area contributed by atoms with E-state index in [9.17, 15) is 18.0 Å². The van der Waals surface area contributed by atoms with E-state index < -0.39 is 22.2 Å². The molecule has 0 saturated carbocycles. The lowest BCUT2D eigenvalue weighted by atomic mass is 9.97. The number of ether oxygens (including phenoxy) is 2. The van der Waals surface area contributed by atoms with Crippen LogP contribution in [0.2, 0.25) is 0 Å². The van der Waals surface area contributed by atoms with Crippen molar-refractivity contribution in [2.24, 2.45) is 5.92 Å². The van der Waals surface area contributed by atoms with E-state index in [0.717, 1.165) is 16.7 Å². The Hall–Kier alpha value is -4.19. The Labute approximate surface area is 245 Å². The fraction of sp³-hybridized carbons (Fsp3) is 0.400. The first-order valence-electron chi connectivity index (χ1n) is 13.8. The van der Waals surface area contributed by atoms with Crippen molar-refractivity contribution in [2.45, 2.75) is 51.1 Å². The number of sulfonamides is 1. The second-order valence-corrected chi connectivity index (χ2v) is 12.8. The predicted octanol–water partition coefficient (Wildman–Crippen LogP) is 4.26. The standard InChI is InChI=1S/C30H35N5O6S/c1-18(2)12-22-17-41-26-14-25(27-19(3)8-6-9-20(27)4)31-29(32-26)33-42(38,39)24-11-7-10-21(13-24)28(36)35(22)23-15-34(16-23)30(37)40-5/h6-11,13-14,18,22-23H,12,15-17H2,1-5H3,(H,31,32,33)/t22-/m1/s1. The number of methoxy groups -OCH3 is 1. The number of rotatable bonds is 4. The molecule has 11 nitrogen and oxygen atoms in total. The van der Waals surface area contributed by atoms with Gasteiger partial charge in [-0.1, -0.05) is 38.1 Å². The molecule has 222 valence electrons. The lowest BCUT2D eigenvalue weighted by Gasteiger charge is -2.47. The monoisotopic (exact) mass is 593 g/mol. The van der Waals surface area contributed by atoms with Crippen LogP contribution in [0.3, 0.4) is 0 Å². The fourth-order valence-electron chi connectivity index (χ4n) is 5.54. The van der Waals surface area contributed by atoms with Gasteiger partial charge in [0.25, 0.3) is 15.9 Å². The molecule has 3 aromatic rings. The summed E-state index contributed by atoms with van der Waals surface area (Å²) in [6.45, 7) is 8.73. The summed E-state index contributed by atoms with van der Waals surface area (Å²) in [5, 5.41) is 0. The molecule has 1 atom stereocenters.